The second kappa shape index (κ2) is 5.24. The van der Waals surface area contributed by atoms with Gasteiger partial charge in [-0.1, -0.05) is 54.9 Å². The normalized spacial score (nSPS) is 12.8. The van der Waals surface area contributed by atoms with Crippen LogP contribution >= 0.6 is 0 Å². The molecule has 0 saturated carbocycles. The Kier molecular flexibility index (Phi) is 4.40. The molecule has 0 saturated heterocycles. The molecule has 1 N–H and O–H groups in total. The summed E-state index contributed by atoms with van der Waals surface area (Å²) >= 11 is 0. The molecule has 0 fully saturated rings. The first-order valence-corrected chi connectivity index (χ1v) is 6.89. The molecule has 17 heavy (non-hydrogen) atoms. The summed E-state index contributed by atoms with van der Waals surface area (Å²) in [5.41, 5.74) is 2.80. The highest BCUT2D eigenvalue weighted by atomic mass is 15.0. The quantitative estimate of drug-likeness (QED) is 0.786. The van der Waals surface area contributed by atoms with Gasteiger partial charge in [0.2, 0.25) is 0 Å². The predicted octanol–water partition coefficient (Wildman–Crippen LogP) is 4.73. The van der Waals surface area contributed by atoms with Gasteiger partial charge in [0, 0.05) is 17.0 Å². The van der Waals surface area contributed by atoms with Crippen LogP contribution in [0.5, 0.6) is 0 Å². The maximum Gasteiger partial charge on any atom is 0.109 e. The van der Waals surface area contributed by atoms with Crippen LogP contribution in [0.1, 0.15) is 90.4 Å². The van der Waals surface area contributed by atoms with E-state index in [1.165, 1.54) is 24.2 Å². The molecule has 0 aromatic carbocycles. The van der Waals surface area contributed by atoms with Crippen LogP contribution in [0.4, 0.5) is 0 Å². The lowest BCUT2D eigenvalue weighted by Crippen LogP contribution is -2.19. The highest BCUT2D eigenvalue weighted by Crippen LogP contribution is 2.33. The largest absolute Gasteiger partial charge is 0.345 e. The number of hydrogen-bond acceptors (Lipinski definition) is 1. The van der Waals surface area contributed by atoms with Gasteiger partial charge in [0.05, 0.1) is 5.69 Å². The Labute approximate surface area is 106 Å². The first kappa shape index (κ1) is 14.3. The van der Waals surface area contributed by atoms with Crippen molar-refractivity contribution in [2.45, 2.75) is 78.6 Å². The third-order valence-corrected chi connectivity index (χ3v) is 3.40. The Balaban J connectivity index is 3.21. The van der Waals surface area contributed by atoms with Crippen LogP contribution in [0.2, 0.25) is 0 Å². The smallest absolute Gasteiger partial charge is 0.109 e. The van der Waals surface area contributed by atoms with Crippen molar-refractivity contribution in [2.75, 3.05) is 0 Å². The number of nitrogens with zero attached hydrogens (tertiary/aromatic N) is 1. The standard InChI is InChI=1S/C15H28N2/c1-8-9-15(6,7)13-12(10(2)3)16-14(17-13)11(4)5/h10-11H,8-9H2,1-7H3,(H,16,17). The van der Waals surface area contributed by atoms with Crippen molar-refractivity contribution >= 4 is 0 Å². The van der Waals surface area contributed by atoms with Gasteiger partial charge in [-0.2, -0.15) is 0 Å². The van der Waals surface area contributed by atoms with Gasteiger partial charge in [0.25, 0.3) is 0 Å². The molecule has 1 heterocycles. The molecule has 0 atom stereocenters. The Bertz CT molecular complexity index is 359. The van der Waals surface area contributed by atoms with E-state index in [0.29, 0.717) is 11.8 Å². The second-order valence-electron chi connectivity index (χ2n) is 6.33. The van der Waals surface area contributed by atoms with Crippen molar-refractivity contribution in [1.29, 1.82) is 0 Å². The number of H-pyrrole nitrogens is 1. The number of rotatable bonds is 5. The summed E-state index contributed by atoms with van der Waals surface area (Å²) in [6.07, 6.45) is 2.41. The van der Waals surface area contributed by atoms with Gasteiger partial charge in [0.1, 0.15) is 5.82 Å². The molecule has 0 amide bonds. The van der Waals surface area contributed by atoms with Gasteiger partial charge in [-0.05, 0) is 12.3 Å². The third-order valence-electron chi connectivity index (χ3n) is 3.40. The SMILES string of the molecule is CCCC(C)(C)c1[nH]c(C(C)C)nc1C(C)C. The highest BCUT2D eigenvalue weighted by Gasteiger charge is 2.27. The van der Waals surface area contributed by atoms with E-state index in [1.807, 2.05) is 0 Å². The first-order chi connectivity index (χ1) is 7.79. The lowest BCUT2D eigenvalue weighted by atomic mass is 9.82. The molecule has 98 valence electrons. The topological polar surface area (TPSA) is 28.7 Å². The molecule has 1 aromatic rings. The zero-order valence-electron chi connectivity index (χ0n) is 12.5. The van der Waals surface area contributed by atoms with Crippen LogP contribution in [0.15, 0.2) is 0 Å². The molecule has 0 aliphatic carbocycles. The van der Waals surface area contributed by atoms with E-state index in [4.69, 9.17) is 4.98 Å². The van der Waals surface area contributed by atoms with Gasteiger partial charge < -0.3 is 4.98 Å². The molecule has 0 unspecified atom stereocenters. The molecular weight excluding hydrogens is 208 g/mol. The van der Waals surface area contributed by atoms with Crippen LogP contribution in [0.25, 0.3) is 0 Å². The van der Waals surface area contributed by atoms with Crippen molar-refractivity contribution in [3.8, 4) is 0 Å². The van der Waals surface area contributed by atoms with Gasteiger partial charge in [-0.15, -0.1) is 0 Å². The molecule has 1 rings (SSSR count). The summed E-state index contributed by atoms with van der Waals surface area (Å²) in [6.45, 7) is 15.7. The first-order valence-electron chi connectivity index (χ1n) is 6.89. The molecule has 2 heteroatoms. The van der Waals surface area contributed by atoms with Gasteiger partial charge in [-0.3, -0.25) is 0 Å². The molecule has 2 nitrogen and oxygen atoms in total. The second-order valence-corrected chi connectivity index (χ2v) is 6.33. The number of aromatic nitrogens is 2. The number of imidazole rings is 1. The van der Waals surface area contributed by atoms with Gasteiger partial charge in [-0.25, -0.2) is 4.98 Å². The van der Waals surface area contributed by atoms with Crippen molar-refractivity contribution in [1.82, 2.24) is 9.97 Å². The van der Waals surface area contributed by atoms with Crippen LogP contribution in [0, 0.1) is 0 Å². The summed E-state index contributed by atoms with van der Waals surface area (Å²) in [7, 11) is 0. The van der Waals surface area contributed by atoms with E-state index in [-0.39, 0.29) is 5.41 Å². The van der Waals surface area contributed by atoms with Crippen molar-refractivity contribution in [2.24, 2.45) is 0 Å². The van der Waals surface area contributed by atoms with E-state index >= 15 is 0 Å². The fourth-order valence-electron chi connectivity index (χ4n) is 2.36. The Hall–Kier alpha value is -0.790. The lowest BCUT2D eigenvalue weighted by molar-refractivity contribution is 0.454. The summed E-state index contributed by atoms with van der Waals surface area (Å²) in [6, 6.07) is 0. The van der Waals surface area contributed by atoms with E-state index in [0.717, 1.165) is 5.82 Å². The average molecular weight is 236 g/mol. The van der Waals surface area contributed by atoms with Crippen LogP contribution < -0.4 is 0 Å². The average Bonchev–Trinajstić information content (AvgIpc) is 2.62. The summed E-state index contributed by atoms with van der Waals surface area (Å²) in [5, 5.41) is 0. The minimum Gasteiger partial charge on any atom is -0.345 e. The van der Waals surface area contributed by atoms with Crippen LogP contribution in [-0.2, 0) is 5.41 Å². The van der Waals surface area contributed by atoms with E-state index < -0.39 is 0 Å². The molecule has 0 bridgehead atoms. The number of nitrogens with one attached hydrogen (secondary N) is 1. The maximum atomic E-state index is 4.80. The molecular formula is C15H28N2. The monoisotopic (exact) mass is 236 g/mol. The van der Waals surface area contributed by atoms with Crippen molar-refractivity contribution in [3.05, 3.63) is 17.2 Å². The molecule has 0 aliphatic rings. The van der Waals surface area contributed by atoms with Gasteiger partial charge in [0.15, 0.2) is 0 Å². The zero-order valence-corrected chi connectivity index (χ0v) is 12.5. The Morgan fingerprint density at radius 2 is 1.71 bits per heavy atom. The summed E-state index contributed by atoms with van der Waals surface area (Å²) in [4.78, 5) is 8.38. The highest BCUT2D eigenvalue weighted by molar-refractivity contribution is 5.26. The van der Waals surface area contributed by atoms with E-state index in [2.05, 4.69) is 53.5 Å². The molecule has 0 spiro atoms. The molecule has 1 aromatic heterocycles. The van der Waals surface area contributed by atoms with E-state index in [1.54, 1.807) is 0 Å². The summed E-state index contributed by atoms with van der Waals surface area (Å²) in [5.74, 6) is 2.09. The number of hydrogen-bond donors (Lipinski definition) is 1. The predicted molar refractivity (Wildman–Crippen MR) is 74.7 cm³/mol. The Morgan fingerprint density at radius 3 is 2.12 bits per heavy atom. The molecule has 0 radical (unpaired) electrons. The Morgan fingerprint density at radius 1 is 1.12 bits per heavy atom. The van der Waals surface area contributed by atoms with Crippen molar-refractivity contribution < 1.29 is 0 Å². The minimum absolute atomic E-state index is 0.203. The minimum atomic E-state index is 0.203. The fraction of sp³-hybridized carbons (Fsp3) is 0.800. The van der Waals surface area contributed by atoms with Crippen LogP contribution in [0.3, 0.4) is 0 Å². The van der Waals surface area contributed by atoms with Crippen LogP contribution in [-0.4, -0.2) is 9.97 Å². The summed E-state index contributed by atoms with van der Waals surface area (Å²) < 4.78 is 0. The third kappa shape index (κ3) is 3.11. The fourth-order valence-corrected chi connectivity index (χ4v) is 2.36. The maximum absolute atomic E-state index is 4.80. The van der Waals surface area contributed by atoms with E-state index in [9.17, 15) is 0 Å². The van der Waals surface area contributed by atoms with Crippen molar-refractivity contribution in [3.63, 3.8) is 0 Å². The number of aromatic amines is 1. The zero-order chi connectivity index (χ0) is 13.2. The molecule has 0 aliphatic heterocycles. The lowest BCUT2D eigenvalue weighted by Gasteiger charge is -2.25. The van der Waals surface area contributed by atoms with Gasteiger partial charge >= 0.3 is 0 Å².